The Labute approximate surface area is 160 Å². The van der Waals surface area contributed by atoms with Crippen LogP contribution in [0.5, 0.6) is 0 Å². The molecule has 0 N–H and O–H groups in total. The van der Waals surface area contributed by atoms with Crippen LogP contribution in [0.4, 0.5) is 10.2 Å². The molecule has 0 unspecified atom stereocenters. The van der Waals surface area contributed by atoms with Gasteiger partial charge in [-0.25, -0.2) is 14.4 Å². The Morgan fingerprint density at radius 2 is 1.56 bits per heavy atom. The van der Waals surface area contributed by atoms with E-state index in [1.165, 1.54) is 64.3 Å². The fourth-order valence-corrected chi connectivity index (χ4v) is 5.04. The van der Waals surface area contributed by atoms with Gasteiger partial charge in [0.05, 0.1) is 5.52 Å². The van der Waals surface area contributed by atoms with E-state index in [0.717, 1.165) is 35.9 Å². The van der Waals surface area contributed by atoms with Crippen molar-refractivity contribution in [1.82, 2.24) is 19.8 Å². The highest BCUT2D eigenvalue weighted by molar-refractivity contribution is 5.89. The third kappa shape index (κ3) is 3.41. The Morgan fingerprint density at radius 1 is 0.852 bits per heavy atom. The molecule has 3 aliphatic rings. The van der Waals surface area contributed by atoms with Crippen molar-refractivity contribution in [1.29, 1.82) is 0 Å². The van der Waals surface area contributed by atoms with Gasteiger partial charge in [0.2, 0.25) is 0 Å². The molecule has 3 heterocycles. The largest absolute Gasteiger partial charge is 0.353 e. The molecule has 1 aliphatic carbocycles. The van der Waals surface area contributed by atoms with Gasteiger partial charge in [0.15, 0.2) is 0 Å². The minimum absolute atomic E-state index is 0.227. The van der Waals surface area contributed by atoms with Gasteiger partial charge >= 0.3 is 0 Å². The van der Waals surface area contributed by atoms with Gasteiger partial charge < -0.3 is 4.90 Å². The van der Waals surface area contributed by atoms with Crippen LogP contribution in [0.15, 0.2) is 24.5 Å². The lowest BCUT2D eigenvalue weighted by atomic mass is 9.93. The van der Waals surface area contributed by atoms with Crippen LogP contribution in [0.25, 0.3) is 10.9 Å². The average molecular weight is 369 g/mol. The number of rotatable bonds is 3. The zero-order valence-electron chi connectivity index (χ0n) is 15.9. The highest BCUT2D eigenvalue weighted by atomic mass is 19.1. The van der Waals surface area contributed by atoms with Crippen molar-refractivity contribution < 1.29 is 4.39 Å². The monoisotopic (exact) mass is 369 g/mol. The van der Waals surface area contributed by atoms with Crippen molar-refractivity contribution in [3.63, 3.8) is 0 Å². The van der Waals surface area contributed by atoms with Crippen LogP contribution in [-0.4, -0.2) is 71.1 Å². The zero-order valence-corrected chi connectivity index (χ0v) is 15.9. The lowest BCUT2D eigenvalue weighted by Crippen LogP contribution is -2.64. The maximum atomic E-state index is 13.7. The summed E-state index contributed by atoms with van der Waals surface area (Å²) >= 11 is 0. The van der Waals surface area contributed by atoms with E-state index in [0.29, 0.717) is 6.04 Å². The molecule has 0 amide bonds. The standard InChI is InChI=1S/C21H28FN5/c22-16-6-7-20-19(12-16)21(24-15-23-20)27-13-18(14-27)26-10-8-25(9-11-26)17-4-2-1-3-5-17/h6-7,12,15,17-18H,1-5,8-11,13-14H2. The van der Waals surface area contributed by atoms with E-state index in [1.807, 2.05) is 0 Å². The molecule has 1 aromatic heterocycles. The molecule has 0 radical (unpaired) electrons. The van der Waals surface area contributed by atoms with E-state index in [-0.39, 0.29) is 5.82 Å². The van der Waals surface area contributed by atoms with Gasteiger partial charge in [-0.3, -0.25) is 9.80 Å². The normalized spacial score (nSPS) is 23.7. The Kier molecular flexibility index (Phi) is 4.70. The number of nitrogens with zero attached hydrogens (tertiary/aromatic N) is 5. The van der Waals surface area contributed by atoms with Gasteiger partial charge in [0.1, 0.15) is 18.0 Å². The first-order valence-electron chi connectivity index (χ1n) is 10.4. The zero-order chi connectivity index (χ0) is 18.2. The number of hydrogen-bond donors (Lipinski definition) is 0. The molecule has 5 rings (SSSR count). The molecule has 2 aromatic rings. The summed E-state index contributed by atoms with van der Waals surface area (Å²) in [6.07, 6.45) is 8.64. The Morgan fingerprint density at radius 3 is 2.30 bits per heavy atom. The van der Waals surface area contributed by atoms with Crippen LogP contribution >= 0.6 is 0 Å². The van der Waals surface area contributed by atoms with Crippen molar-refractivity contribution in [2.45, 2.75) is 44.2 Å². The summed E-state index contributed by atoms with van der Waals surface area (Å²) in [5.41, 5.74) is 0.811. The quantitative estimate of drug-likeness (QED) is 0.831. The topological polar surface area (TPSA) is 35.5 Å². The molecule has 5 nitrogen and oxygen atoms in total. The average Bonchev–Trinajstić information content (AvgIpc) is 2.68. The second-order valence-electron chi connectivity index (χ2n) is 8.28. The summed E-state index contributed by atoms with van der Waals surface area (Å²) in [6.45, 7) is 6.73. The number of hydrogen-bond acceptors (Lipinski definition) is 5. The molecule has 1 aromatic carbocycles. The first kappa shape index (κ1) is 17.3. The molecule has 1 saturated carbocycles. The molecule has 0 spiro atoms. The number of piperazine rings is 1. The van der Waals surface area contributed by atoms with Crippen LogP contribution in [0.3, 0.4) is 0 Å². The van der Waals surface area contributed by atoms with Crippen molar-refractivity contribution >= 4 is 16.7 Å². The molecule has 3 fully saturated rings. The predicted molar refractivity (Wildman–Crippen MR) is 106 cm³/mol. The maximum absolute atomic E-state index is 13.7. The van der Waals surface area contributed by atoms with E-state index in [2.05, 4.69) is 24.7 Å². The third-order valence-electron chi connectivity index (χ3n) is 6.69. The number of halogens is 1. The highest BCUT2D eigenvalue weighted by Crippen LogP contribution is 2.30. The first-order valence-corrected chi connectivity index (χ1v) is 10.4. The fraction of sp³-hybridized carbons (Fsp3) is 0.619. The Bertz CT molecular complexity index is 792. The van der Waals surface area contributed by atoms with Crippen LogP contribution in [0.1, 0.15) is 32.1 Å². The Balaban J connectivity index is 1.19. The van der Waals surface area contributed by atoms with E-state index in [9.17, 15) is 4.39 Å². The molecular weight excluding hydrogens is 341 g/mol. The summed E-state index contributed by atoms with van der Waals surface area (Å²) < 4.78 is 13.7. The number of benzene rings is 1. The van der Waals surface area contributed by atoms with Gasteiger partial charge in [0, 0.05) is 56.7 Å². The molecule has 2 saturated heterocycles. The summed E-state index contributed by atoms with van der Waals surface area (Å²) in [6, 6.07) is 6.18. The highest BCUT2D eigenvalue weighted by Gasteiger charge is 2.36. The third-order valence-corrected chi connectivity index (χ3v) is 6.69. The van der Waals surface area contributed by atoms with Gasteiger partial charge in [-0.05, 0) is 31.0 Å². The lowest BCUT2D eigenvalue weighted by molar-refractivity contribution is 0.0487. The lowest BCUT2D eigenvalue weighted by Gasteiger charge is -2.50. The molecule has 2 aliphatic heterocycles. The molecule has 0 bridgehead atoms. The van der Waals surface area contributed by atoms with E-state index < -0.39 is 0 Å². The first-order chi connectivity index (χ1) is 13.3. The van der Waals surface area contributed by atoms with Gasteiger partial charge in [0.25, 0.3) is 0 Å². The second-order valence-corrected chi connectivity index (χ2v) is 8.28. The molecule has 27 heavy (non-hydrogen) atoms. The van der Waals surface area contributed by atoms with Crippen molar-refractivity contribution in [3.05, 3.63) is 30.3 Å². The maximum Gasteiger partial charge on any atom is 0.140 e. The predicted octanol–water partition coefficient (Wildman–Crippen LogP) is 2.91. The van der Waals surface area contributed by atoms with Crippen LogP contribution in [0.2, 0.25) is 0 Å². The van der Waals surface area contributed by atoms with E-state index in [1.54, 1.807) is 18.5 Å². The summed E-state index contributed by atoms with van der Waals surface area (Å²) in [4.78, 5) is 16.3. The summed E-state index contributed by atoms with van der Waals surface area (Å²) in [5, 5.41) is 0.818. The minimum Gasteiger partial charge on any atom is -0.353 e. The van der Waals surface area contributed by atoms with Crippen molar-refractivity contribution in [2.75, 3.05) is 44.2 Å². The number of fused-ring (bicyclic) bond motifs is 1. The van der Waals surface area contributed by atoms with Crippen molar-refractivity contribution in [3.8, 4) is 0 Å². The van der Waals surface area contributed by atoms with Crippen LogP contribution < -0.4 is 4.90 Å². The minimum atomic E-state index is -0.227. The van der Waals surface area contributed by atoms with Crippen molar-refractivity contribution in [2.24, 2.45) is 0 Å². The molecule has 6 heteroatoms. The summed E-state index contributed by atoms with van der Waals surface area (Å²) in [7, 11) is 0. The smallest absolute Gasteiger partial charge is 0.140 e. The number of aromatic nitrogens is 2. The van der Waals surface area contributed by atoms with Gasteiger partial charge in [-0.2, -0.15) is 0 Å². The van der Waals surface area contributed by atoms with E-state index in [4.69, 9.17) is 0 Å². The fourth-order valence-electron chi connectivity index (χ4n) is 5.04. The van der Waals surface area contributed by atoms with E-state index >= 15 is 0 Å². The second kappa shape index (κ2) is 7.32. The number of anilines is 1. The molecule has 0 atom stereocenters. The Hall–Kier alpha value is -1.79. The van der Waals surface area contributed by atoms with Crippen LogP contribution in [-0.2, 0) is 0 Å². The molecular formula is C21H28FN5. The van der Waals surface area contributed by atoms with Crippen LogP contribution in [0, 0.1) is 5.82 Å². The summed E-state index contributed by atoms with van der Waals surface area (Å²) in [5.74, 6) is 0.644. The van der Waals surface area contributed by atoms with Gasteiger partial charge in [-0.15, -0.1) is 0 Å². The van der Waals surface area contributed by atoms with Gasteiger partial charge in [-0.1, -0.05) is 19.3 Å². The molecule has 144 valence electrons. The SMILES string of the molecule is Fc1ccc2ncnc(N3CC(N4CCN(C5CCCCC5)CC4)C3)c2c1.